The van der Waals surface area contributed by atoms with Crippen molar-refractivity contribution in [3.63, 3.8) is 0 Å². The molecular formula is C30H18BNO2. The molecule has 0 radical (unpaired) electrons. The SMILES string of the molecule is c1ccc2c(c1)Oc1ccc(-n3c4ccccc4c4ccccc43)c3c1B2c1ccccc1O3. The Labute approximate surface area is 196 Å². The molecule has 0 atom stereocenters. The highest BCUT2D eigenvalue weighted by molar-refractivity contribution is 6.98. The topological polar surface area (TPSA) is 23.4 Å². The van der Waals surface area contributed by atoms with Crippen molar-refractivity contribution >= 4 is 44.9 Å². The van der Waals surface area contributed by atoms with Crippen LogP contribution in [0.4, 0.5) is 0 Å². The second-order valence-electron chi connectivity index (χ2n) is 8.91. The number of hydrogen-bond donors (Lipinski definition) is 0. The summed E-state index contributed by atoms with van der Waals surface area (Å²) in [5.41, 5.74) is 6.79. The van der Waals surface area contributed by atoms with Crippen LogP contribution in [-0.2, 0) is 0 Å². The molecule has 34 heavy (non-hydrogen) atoms. The van der Waals surface area contributed by atoms with Crippen molar-refractivity contribution in [1.82, 2.24) is 4.57 Å². The second kappa shape index (κ2) is 6.55. The van der Waals surface area contributed by atoms with Crippen molar-refractivity contribution in [2.45, 2.75) is 0 Å². The first-order valence-electron chi connectivity index (χ1n) is 11.6. The lowest BCUT2D eigenvalue weighted by atomic mass is 9.35. The van der Waals surface area contributed by atoms with Gasteiger partial charge in [-0.1, -0.05) is 72.8 Å². The molecule has 0 saturated heterocycles. The Kier molecular flexibility index (Phi) is 3.48. The maximum Gasteiger partial charge on any atom is 0.260 e. The van der Waals surface area contributed by atoms with E-state index in [2.05, 4.69) is 102 Å². The Bertz CT molecular complexity index is 1720. The zero-order chi connectivity index (χ0) is 22.2. The third kappa shape index (κ3) is 2.27. The van der Waals surface area contributed by atoms with E-state index in [1.54, 1.807) is 0 Å². The highest BCUT2D eigenvalue weighted by atomic mass is 16.5. The average molecular weight is 435 g/mol. The Morgan fingerprint density at radius 2 is 1.06 bits per heavy atom. The molecular weight excluding hydrogens is 417 g/mol. The van der Waals surface area contributed by atoms with Gasteiger partial charge in [-0.05, 0) is 47.3 Å². The number of ether oxygens (including phenoxy) is 2. The molecule has 8 rings (SSSR count). The number of benzene rings is 5. The third-order valence-electron chi connectivity index (χ3n) is 7.14. The molecule has 158 valence electrons. The minimum Gasteiger partial charge on any atom is -0.458 e. The van der Waals surface area contributed by atoms with Gasteiger partial charge < -0.3 is 14.0 Å². The maximum atomic E-state index is 6.69. The molecule has 3 nitrogen and oxygen atoms in total. The maximum absolute atomic E-state index is 6.69. The molecule has 4 heteroatoms. The van der Waals surface area contributed by atoms with Crippen molar-refractivity contribution in [1.29, 1.82) is 0 Å². The van der Waals surface area contributed by atoms with Gasteiger partial charge >= 0.3 is 0 Å². The van der Waals surface area contributed by atoms with Crippen molar-refractivity contribution in [3.8, 4) is 28.7 Å². The Balaban J connectivity index is 1.49. The summed E-state index contributed by atoms with van der Waals surface area (Å²) in [7, 11) is 0. The van der Waals surface area contributed by atoms with E-state index in [1.165, 1.54) is 21.7 Å². The quantitative estimate of drug-likeness (QED) is 0.318. The summed E-state index contributed by atoms with van der Waals surface area (Å²) < 4.78 is 15.4. The van der Waals surface area contributed by atoms with Gasteiger partial charge in [0.1, 0.15) is 23.0 Å². The van der Waals surface area contributed by atoms with Crippen LogP contribution < -0.4 is 25.9 Å². The van der Waals surface area contributed by atoms with Gasteiger partial charge in [0.15, 0.2) is 0 Å². The van der Waals surface area contributed by atoms with Gasteiger partial charge in [-0.25, -0.2) is 0 Å². The monoisotopic (exact) mass is 435 g/mol. The molecule has 2 aliphatic rings. The minimum atomic E-state index is 0.0629. The standard InChI is InChI=1S/C30H18BNO2/c1-5-13-23-19(9-1)20-10-2-6-14-24(20)32(23)25-17-18-28-29-30(25)34-27-16-8-4-12-22(27)31(29)21-11-3-7-15-26(21)33-28/h1-18H. The molecule has 0 unspecified atom stereocenters. The highest BCUT2D eigenvalue weighted by Gasteiger charge is 2.41. The summed E-state index contributed by atoms with van der Waals surface area (Å²) in [6, 6.07) is 38.1. The highest BCUT2D eigenvalue weighted by Crippen LogP contribution is 2.41. The van der Waals surface area contributed by atoms with Crippen LogP contribution in [0.1, 0.15) is 0 Å². The van der Waals surface area contributed by atoms with E-state index in [9.17, 15) is 0 Å². The van der Waals surface area contributed by atoms with E-state index in [0.29, 0.717) is 0 Å². The summed E-state index contributed by atoms with van der Waals surface area (Å²) >= 11 is 0. The molecule has 0 fully saturated rings. The fourth-order valence-electron chi connectivity index (χ4n) is 5.73. The normalized spacial score (nSPS) is 13.1. The average Bonchev–Trinajstić information content (AvgIpc) is 3.23. The summed E-state index contributed by atoms with van der Waals surface area (Å²) in [6.07, 6.45) is 0. The van der Waals surface area contributed by atoms with E-state index in [0.717, 1.165) is 45.2 Å². The fraction of sp³-hybridized carbons (Fsp3) is 0. The molecule has 0 spiro atoms. The molecule has 2 aliphatic heterocycles. The smallest absolute Gasteiger partial charge is 0.260 e. The van der Waals surface area contributed by atoms with Gasteiger partial charge in [0.25, 0.3) is 6.71 Å². The van der Waals surface area contributed by atoms with Crippen LogP contribution >= 0.6 is 0 Å². The van der Waals surface area contributed by atoms with E-state index < -0.39 is 0 Å². The van der Waals surface area contributed by atoms with Crippen LogP contribution in [0, 0.1) is 0 Å². The summed E-state index contributed by atoms with van der Waals surface area (Å²) in [5.74, 6) is 3.53. The van der Waals surface area contributed by atoms with Crippen molar-refractivity contribution < 1.29 is 9.47 Å². The number of para-hydroxylation sites is 4. The van der Waals surface area contributed by atoms with Crippen molar-refractivity contribution in [2.75, 3.05) is 0 Å². The van der Waals surface area contributed by atoms with E-state index >= 15 is 0 Å². The first kappa shape index (κ1) is 18.0. The molecule has 0 N–H and O–H groups in total. The second-order valence-corrected chi connectivity index (χ2v) is 8.91. The number of aromatic nitrogens is 1. The van der Waals surface area contributed by atoms with Crippen molar-refractivity contribution in [2.24, 2.45) is 0 Å². The third-order valence-corrected chi connectivity index (χ3v) is 7.14. The van der Waals surface area contributed by atoms with Crippen LogP contribution in [0.5, 0.6) is 23.0 Å². The lowest BCUT2D eigenvalue weighted by Gasteiger charge is -2.34. The van der Waals surface area contributed by atoms with Crippen molar-refractivity contribution in [3.05, 3.63) is 109 Å². The Morgan fingerprint density at radius 3 is 1.74 bits per heavy atom. The molecule has 1 aromatic heterocycles. The summed E-state index contributed by atoms with van der Waals surface area (Å²) in [6.45, 7) is 0.0629. The van der Waals surface area contributed by atoms with Crippen LogP contribution in [0.25, 0.3) is 27.5 Å². The summed E-state index contributed by atoms with van der Waals surface area (Å²) in [5, 5.41) is 2.47. The predicted molar refractivity (Wildman–Crippen MR) is 138 cm³/mol. The molecule has 0 saturated carbocycles. The first-order chi connectivity index (χ1) is 16.9. The Morgan fingerprint density at radius 1 is 0.500 bits per heavy atom. The first-order valence-corrected chi connectivity index (χ1v) is 11.6. The molecule has 6 aromatic rings. The molecule has 0 aliphatic carbocycles. The summed E-state index contributed by atoms with van der Waals surface area (Å²) in [4.78, 5) is 0. The minimum absolute atomic E-state index is 0.0629. The molecule has 3 heterocycles. The molecule has 5 aromatic carbocycles. The van der Waals surface area contributed by atoms with E-state index in [4.69, 9.17) is 9.47 Å². The number of rotatable bonds is 1. The van der Waals surface area contributed by atoms with Gasteiger partial charge in [0.2, 0.25) is 0 Å². The Hall–Kier alpha value is -4.44. The number of nitrogens with zero attached hydrogens (tertiary/aromatic N) is 1. The van der Waals surface area contributed by atoms with Crippen LogP contribution in [0.2, 0.25) is 0 Å². The van der Waals surface area contributed by atoms with E-state index in [-0.39, 0.29) is 6.71 Å². The van der Waals surface area contributed by atoms with Gasteiger partial charge in [-0.3, -0.25) is 0 Å². The van der Waals surface area contributed by atoms with Crippen LogP contribution in [0.15, 0.2) is 109 Å². The lowest BCUT2D eigenvalue weighted by Crippen LogP contribution is -2.57. The van der Waals surface area contributed by atoms with Crippen LogP contribution in [0.3, 0.4) is 0 Å². The van der Waals surface area contributed by atoms with Gasteiger partial charge in [-0.2, -0.15) is 0 Å². The number of hydrogen-bond acceptors (Lipinski definition) is 2. The van der Waals surface area contributed by atoms with Gasteiger partial charge in [0, 0.05) is 16.2 Å². The number of fused-ring (bicyclic) bond motifs is 7. The lowest BCUT2D eigenvalue weighted by molar-refractivity contribution is 0.463. The molecule has 0 amide bonds. The van der Waals surface area contributed by atoms with Gasteiger partial charge in [0.05, 0.1) is 16.7 Å². The van der Waals surface area contributed by atoms with Crippen LogP contribution in [-0.4, -0.2) is 11.3 Å². The zero-order valence-electron chi connectivity index (χ0n) is 18.2. The fourth-order valence-corrected chi connectivity index (χ4v) is 5.73. The largest absolute Gasteiger partial charge is 0.458 e. The predicted octanol–water partition coefficient (Wildman–Crippen LogP) is 5.51. The van der Waals surface area contributed by atoms with Gasteiger partial charge in [-0.15, -0.1) is 0 Å². The molecule has 0 bridgehead atoms. The zero-order valence-corrected chi connectivity index (χ0v) is 18.2. The van der Waals surface area contributed by atoms with E-state index in [1.807, 2.05) is 12.1 Å².